The van der Waals surface area contributed by atoms with Gasteiger partial charge in [-0.25, -0.2) is 4.98 Å². The third-order valence-corrected chi connectivity index (χ3v) is 5.63. The second kappa shape index (κ2) is 10.7. The van der Waals surface area contributed by atoms with Crippen molar-refractivity contribution in [2.75, 3.05) is 18.4 Å². The molecule has 0 aliphatic rings. The maximum Gasteiger partial charge on any atom is 0.234 e. The zero-order valence-electron chi connectivity index (χ0n) is 19.0. The lowest BCUT2D eigenvalue weighted by atomic mass is 9.98. The van der Waals surface area contributed by atoms with Gasteiger partial charge in [-0.05, 0) is 43.1 Å². The zero-order valence-corrected chi connectivity index (χ0v) is 19.0. The van der Waals surface area contributed by atoms with Crippen LogP contribution < -0.4 is 10.6 Å². The first-order valence-corrected chi connectivity index (χ1v) is 11.2. The molecule has 0 spiro atoms. The number of anilines is 1. The van der Waals surface area contributed by atoms with Crippen molar-refractivity contribution >= 4 is 11.7 Å². The smallest absolute Gasteiger partial charge is 0.234 e. The molecule has 0 aliphatic heterocycles. The summed E-state index contributed by atoms with van der Waals surface area (Å²) in [4.78, 5) is 17.6. The van der Waals surface area contributed by atoms with Crippen LogP contribution in [0.5, 0.6) is 0 Å². The number of hydrogen-bond donors (Lipinski definition) is 2. The van der Waals surface area contributed by atoms with Crippen LogP contribution in [0.15, 0.2) is 85.3 Å². The van der Waals surface area contributed by atoms with Crippen LogP contribution in [0, 0.1) is 6.92 Å². The fraction of sp³-hybridized carbons (Fsp3) is 0.222. The molecule has 0 saturated carbocycles. The molecule has 1 unspecified atom stereocenters. The minimum Gasteiger partial charge on any atom is -0.315 e. The molecule has 2 N–H and O–H groups in total. The van der Waals surface area contributed by atoms with Crippen molar-refractivity contribution in [1.82, 2.24) is 20.1 Å². The molecule has 0 bridgehead atoms. The third-order valence-electron chi connectivity index (χ3n) is 5.63. The van der Waals surface area contributed by atoms with E-state index in [1.54, 1.807) is 17.1 Å². The van der Waals surface area contributed by atoms with E-state index in [-0.39, 0.29) is 11.8 Å². The number of carbonyl (C=O) groups excluding carboxylic acids is 1. The lowest BCUT2D eigenvalue weighted by Crippen LogP contribution is -2.32. The van der Waals surface area contributed by atoms with E-state index in [1.807, 2.05) is 55.7 Å². The molecule has 2 aromatic heterocycles. The Hall–Kier alpha value is -3.77. The number of benzene rings is 2. The maximum absolute atomic E-state index is 13.2. The first kappa shape index (κ1) is 22.4. The number of nitrogens with one attached hydrogen (secondary N) is 2. The van der Waals surface area contributed by atoms with E-state index in [9.17, 15) is 4.79 Å². The van der Waals surface area contributed by atoms with Gasteiger partial charge >= 0.3 is 0 Å². The SMILES string of the molecule is Cc1ccc(CCNCC(C(=O)Nc2ccc(-c3cnn(C)c3)cn2)c2ccccc2)cc1. The van der Waals surface area contributed by atoms with Crippen LogP contribution in [-0.4, -0.2) is 33.8 Å². The standard InChI is InChI=1S/C27H29N5O/c1-20-8-10-21(11-9-20)14-15-28-18-25(22-6-4-3-5-7-22)27(33)31-26-13-12-23(16-29-26)24-17-30-32(2)19-24/h3-13,16-17,19,25,28H,14-15,18H2,1-2H3,(H,29,31,33). The largest absolute Gasteiger partial charge is 0.315 e. The van der Waals surface area contributed by atoms with Crippen LogP contribution >= 0.6 is 0 Å². The highest BCUT2D eigenvalue weighted by Crippen LogP contribution is 2.21. The molecule has 0 aliphatic carbocycles. The highest BCUT2D eigenvalue weighted by Gasteiger charge is 2.20. The van der Waals surface area contributed by atoms with E-state index in [4.69, 9.17) is 0 Å². The molecule has 0 radical (unpaired) electrons. The van der Waals surface area contributed by atoms with Gasteiger partial charge in [0.05, 0.1) is 12.1 Å². The number of aromatic nitrogens is 3. The third kappa shape index (κ3) is 6.14. The quantitative estimate of drug-likeness (QED) is 0.381. The van der Waals surface area contributed by atoms with Crippen molar-refractivity contribution in [3.05, 3.63) is 102 Å². The Morgan fingerprint density at radius 3 is 2.42 bits per heavy atom. The molecule has 1 atom stereocenters. The molecule has 2 heterocycles. The molecule has 0 fully saturated rings. The van der Waals surface area contributed by atoms with Gasteiger partial charge in [-0.2, -0.15) is 5.10 Å². The number of aryl methyl sites for hydroxylation is 2. The van der Waals surface area contributed by atoms with Crippen molar-refractivity contribution in [1.29, 1.82) is 0 Å². The Morgan fingerprint density at radius 2 is 1.76 bits per heavy atom. The summed E-state index contributed by atoms with van der Waals surface area (Å²) >= 11 is 0. The predicted molar refractivity (Wildman–Crippen MR) is 132 cm³/mol. The maximum atomic E-state index is 13.2. The van der Waals surface area contributed by atoms with Crippen LogP contribution in [-0.2, 0) is 18.3 Å². The predicted octanol–water partition coefficient (Wildman–Crippen LogP) is 4.35. The highest BCUT2D eigenvalue weighted by molar-refractivity contribution is 5.95. The summed E-state index contributed by atoms with van der Waals surface area (Å²) in [5.74, 6) is 0.142. The fourth-order valence-electron chi connectivity index (χ4n) is 3.70. The molecule has 1 amide bonds. The Labute approximate surface area is 194 Å². The van der Waals surface area contributed by atoms with Gasteiger partial charge in [-0.3, -0.25) is 9.48 Å². The molecule has 33 heavy (non-hydrogen) atoms. The van der Waals surface area contributed by atoms with Crippen LogP contribution in [0.3, 0.4) is 0 Å². The van der Waals surface area contributed by atoms with Crippen LogP contribution in [0.4, 0.5) is 5.82 Å². The number of pyridine rings is 1. The molecule has 2 aromatic carbocycles. The fourth-order valence-corrected chi connectivity index (χ4v) is 3.70. The summed E-state index contributed by atoms with van der Waals surface area (Å²) < 4.78 is 1.75. The number of carbonyl (C=O) groups is 1. The van der Waals surface area contributed by atoms with Crippen LogP contribution in [0.25, 0.3) is 11.1 Å². The van der Waals surface area contributed by atoms with Gasteiger partial charge in [-0.1, -0.05) is 60.2 Å². The molecular weight excluding hydrogens is 410 g/mol. The van der Waals surface area contributed by atoms with E-state index >= 15 is 0 Å². The van der Waals surface area contributed by atoms with E-state index < -0.39 is 0 Å². The van der Waals surface area contributed by atoms with Crippen molar-refractivity contribution in [2.24, 2.45) is 7.05 Å². The minimum atomic E-state index is -0.316. The van der Waals surface area contributed by atoms with E-state index in [0.29, 0.717) is 12.4 Å². The van der Waals surface area contributed by atoms with E-state index in [1.165, 1.54) is 11.1 Å². The van der Waals surface area contributed by atoms with Crippen LogP contribution in [0.2, 0.25) is 0 Å². The van der Waals surface area contributed by atoms with Crippen molar-refractivity contribution in [3.8, 4) is 11.1 Å². The summed E-state index contributed by atoms with van der Waals surface area (Å²) in [6.07, 6.45) is 6.40. The van der Waals surface area contributed by atoms with Crippen molar-refractivity contribution < 1.29 is 4.79 Å². The van der Waals surface area contributed by atoms with Gasteiger partial charge in [0.2, 0.25) is 5.91 Å². The molecule has 6 heteroatoms. The molecule has 168 valence electrons. The number of rotatable bonds is 9. The second-order valence-corrected chi connectivity index (χ2v) is 8.23. The first-order valence-electron chi connectivity index (χ1n) is 11.2. The number of nitrogens with zero attached hydrogens (tertiary/aromatic N) is 3. The molecular formula is C27H29N5O. The van der Waals surface area contributed by atoms with E-state index in [2.05, 4.69) is 51.9 Å². The summed E-state index contributed by atoms with van der Waals surface area (Å²) in [6.45, 7) is 3.44. The Balaban J connectivity index is 1.38. The monoisotopic (exact) mass is 439 g/mol. The molecule has 4 aromatic rings. The van der Waals surface area contributed by atoms with Gasteiger partial charge in [0.1, 0.15) is 5.82 Å². The van der Waals surface area contributed by atoms with E-state index in [0.717, 1.165) is 29.7 Å². The first-order chi connectivity index (χ1) is 16.1. The van der Waals surface area contributed by atoms with Gasteiger partial charge < -0.3 is 10.6 Å². The van der Waals surface area contributed by atoms with Crippen molar-refractivity contribution in [3.63, 3.8) is 0 Å². The topological polar surface area (TPSA) is 71.8 Å². The Kier molecular flexibility index (Phi) is 7.27. The minimum absolute atomic E-state index is 0.0781. The molecule has 6 nitrogen and oxygen atoms in total. The second-order valence-electron chi connectivity index (χ2n) is 8.23. The summed E-state index contributed by atoms with van der Waals surface area (Å²) in [5, 5.41) is 10.6. The lowest BCUT2D eigenvalue weighted by Gasteiger charge is -2.18. The molecule has 0 saturated heterocycles. The average Bonchev–Trinajstić information content (AvgIpc) is 3.27. The van der Waals surface area contributed by atoms with Gasteiger partial charge in [0, 0.05) is 37.1 Å². The molecule has 4 rings (SSSR count). The van der Waals surface area contributed by atoms with Crippen LogP contribution in [0.1, 0.15) is 22.6 Å². The van der Waals surface area contributed by atoms with Gasteiger partial charge in [0.15, 0.2) is 0 Å². The average molecular weight is 440 g/mol. The lowest BCUT2D eigenvalue weighted by molar-refractivity contribution is -0.117. The number of hydrogen-bond acceptors (Lipinski definition) is 4. The normalized spacial score (nSPS) is 11.8. The van der Waals surface area contributed by atoms with Gasteiger partial charge in [-0.15, -0.1) is 0 Å². The van der Waals surface area contributed by atoms with Gasteiger partial charge in [0.25, 0.3) is 0 Å². The summed E-state index contributed by atoms with van der Waals surface area (Å²) in [7, 11) is 1.88. The summed E-state index contributed by atoms with van der Waals surface area (Å²) in [5.41, 5.74) is 5.47. The highest BCUT2D eigenvalue weighted by atomic mass is 16.2. The number of amides is 1. The zero-order chi connectivity index (χ0) is 23.0. The van der Waals surface area contributed by atoms with Crippen molar-refractivity contribution in [2.45, 2.75) is 19.3 Å². The Bertz CT molecular complexity index is 1170. The summed E-state index contributed by atoms with van der Waals surface area (Å²) in [6, 6.07) is 22.2. The Morgan fingerprint density at radius 1 is 0.970 bits per heavy atom.